The summed E-state index contributed by atoms with van der Waals surface area (Å²) >= 11 is 1.68. The fourth-order valence-electron chi connectivity index (χ4n) is 2.94. The smallest absolute Gasteiger partial charge is 0.221 e. The molecular formula is C18H31N5OS. The minimum Gasteiger partial charge on any atom is -0.357 e. The van der Waals surface area contributed by atoms with E-state index in [1.54, 1.807) is 11.3 Å². The summed E-state index contributed by atoms with van der Waals surface area (Å²) in [7, 11) is 0. The number of aryl methyl sites for hydroxylation is 2. The van der Waals surface area contributed by atoms with Crippen LogP contribution < -0.4 is 16.0 Å². The van der Waals surface area contributed by atoms with E-state index in [1.807, 2.05) is 13.8 Å². The maximum absolute atomic E-state index is 12.1. The van der Waals surface area contributed by atoms with Crippen LogP contribution in [0.2, 0.25) is 0 Å². The van der Waals surface area contributed by atoms with Crippen LogP contribution in [0, 0.1) is 13.8 Å². The van der Waals surface area contributed by atoms with Crippen LogP contribution in [0.25, 0.3) is 0 Å². The molecule has 1 aliphatic rings. The molecule has 6 nitrogen and oxygen atoms in total. The van der Waals surface area contributed by atoms with Gasteiger partial charge in [-0.15, -0.1) is 11.3 Å². The Labute approximate surface area is 154 Å². The highest BCUT2D eigenvalue weighted by atomic mass is 32.1. The second-order valence-electron chi connectivity index (χ2n) is 6.52. The molecule has 140 valence electrons. The van der Waals surface area contributed by atoms with Gasteiger partial charge in [0.2, 0.25) is 5.91 Å². The molecule has 1 aliphatic carbocycles. The summed E-state index contributed by atoms with van der Waals surface area (Å²) in [6, 6.07) is 0.375. The Morgan fingerprint density at radius 2 is 2.00 bits per heavy atom. The van der Waals surface area contributed by atoms with Crippen LogP contribution in [0.4, 0.5) is 0 Å². The van der Waals surface area contributed by atoms with E-state index < -0.39 is 0 Å². The number of carbonyl (C=O) groups excluding carboxylic acids is 1. The maximum atomic E-state index is 12.1. The van der Waals surface area contributed by atoms with Crippen LogP contribution in [0.3, 0.4) is 0 Å². The van der Waals surface area contributed by atoms with Crippen LogP contribution in [0.1, 0.15) is 61.0 Å². The van der Waals surface area contributed by atoms with Crippen molar-refractivity contribution < 1.29 is 4.79 Å². The number of hydrogen-bond donors (Lipinski definition) is 3. The molecule has 0 atom stereocenters. The van der Waals surface area contributed by atoms with Crippen molar-refractivity contribution in [3.8, 4) is 0 Å². The Morgan fingerprint density at radius 3 is 2.64 bits per heavy atom. The lowest BCUT2D eigenvalue weighted by molar-refractivity contribution is -0.121. The third-order valence-electron chi connectivity index (χ3n) is 4.40. The van der Waals surface area contributed by atoms with Crippen molar-refractivity contribution in [1.82, 2.24) is 20.9 Å². The quantitative estimate of drug-likeness (QED) is 0.513. The number of thiazole rings is 1. The zero-order valence-electron chi connectivity index (χ0n) is 15.7. The molecule has 1 aromatic rings. The van der Waals surface area contributed by atoms with Crippen LogP contribution in [-0.2, 0) is 11.3 Å². The summed E-state index contributed by atoms with van der Waals surface area (Å²) in [4.78, 5) is 22.4. The number of aliphatic imine (C=N–C) groups is 1. The SMILES string of the molecule is CCNC(=NCc1nc(C)c(C)s1)NCCC(=O)NC1CCCCC1. The minimum atomic E-state index is 0.126. The highest BCUT2D eigenvalue weighted by Crippen LogP contribution is 2.17. The zero-order chi connectivity index (χ0) is 18.1. The van der Waals surface area contributed by atoms with E-state index in [0.29, 0.717) is 25.6 Å². The lowest BCUT2D eigenvalue weighted by atomic mass is 9.95. The Morgan fingerprint density at radius 1 is 1.24 bits per heavy atom. The number of nitrogens with zero attached hydrogens (tertiary/aromatic N) is 2. The lowest BCUT2D eigenvalue weighted by Gasteiger charge is -2.22. The second-order valence-corrected chi connectivity index (χ2v) is 7.81. The third-order valence-corrected chi connectivity index (χ3v) is 5.46. The molecule has 1 aromatic heterocycles. The predicted octanol–water partition coefficient (Wildman–Crippen LogP) is 2.65. The normalized spacial score (nSPS) is 15.9. The van der Waals surface area contributed by atoms with E-state index in [2.05, 4.69) is 32.9 Å². The molecule has 2 rings (SSSR count). The fraction of sp³-hybridized carbons (Fsp3) is 0.722. The van der Waals surface area contributed by atoms with Crippen molar-refractivity contribution >= 4 is 23.2 Å². The molecular weight excluding hydrogens is 334 g/mol. The molecule has 0 saturated heterocycles. The summed E-state index contributed by atoms with van der Waals surface area (Å²) in [5.74, 6) is 0.861. The first-order valence-electron chi connectivity index (χ1n) is 9.33. The molecule has 0 bridgehead atoms. The molecule has 3 N–H and O–H groups in total. The van der Waals surface area contributed by atoms with Crippen molar-refractivity contribution in [1.29, 1.82) is 0 Å². The van der Waals surface area contributed by atoms with Gasteiger partial charge in [0.1, 0.15) is 5.01 Å². The Balaban J connectivity index is 1.74. The van der Waals surface area contributed by atoms with E-state index in [1.165, 1.54) is 24.1 Å². The maximum Gasteiger partial charge on any atom is 0.221 e. The molecule has 25 heavy (non-hydrogen) atoms. The average Bonchev–Trinajstić information content (AvgIpc) is 2.91. The van der Waals surface area contributed by atoms with Gasteiger partial charge in [0.05, 0.1) is 12.2 Å². The summed E-state index contributed by atoms with van der Waals surface area (Å²) in [5, 5.41) is 10.6. The largest absolute Gasteiger partial charge is 0.357 e. The van der Waals surface area contributed by atoms with Gasteiger partial charge in [-0.3, -0.25) is 4.79 Å². The lowest BCUT2D eigenvalue weighted by Crippen LogP contribution is -2.41. The Kier molecular flexibility index (Phi) is 8.18. The van der Waals surface area contributed by atoms with E-state index in [4.69, 9.17) is 0 Å². The van der Waals surface area contributed by atoms with Gasteiger partial charge in [-0.1, -0.05) is 19.3 Å². The standard InChI is InChI=1S/C18H31N5OS/c1-4-19-18(21-12-17-22-13(2)14(3)25-17)20-11-10-16(24)23-15-8-6-5-7-9-15/h15H,4-12H2,1-3H3,(H,23,24)(H2,19,20,21). The van der Waals surface area contributed by atoms with Crippen LogP contribution in [-0.4, -0.2) is 36.0 Å². The molecule has 0 aliphatic heterocycles. The monoisotopic (exact) mass is 365 g/mol. The van der Waals surface area contributed by atoms with Gasteiger partial charge in [-0.2, -0.15) is 0 Å². The highest BCUT2D eigenvalue weighted by Gasteiger charge is 2.15. The number of aromatic nitrogens is 1. The summed E-state index contributed by atoms with van der Waals surface area (Å²) in [6.07, 6.45) is 6.48. The van der Waals surface area contributed by atoms with Crippen molar-refractivity contribution in [2.24, 2.45) is 4.99 Å². The predicted molar refractivity (Wildman–Crippen MR) is 104 cm³/mol. The number of nitrogens with one attached hydrogen (secondary N) is 3. The minimum absolute atomic E-state index is 0.126. The molecule has 7 heteroatoms. The molecule has 0 aromatic carbocycles. The number of hydrogen-bond acceptors (Lipinski definition) is 4. The van der Waals surface area contributed by atoms with E-state index in [-0.39, 0.29) is 5.91 Å². The molecule has 0 spiro atoms. The van der Waals surface area contributed by atoms with Crippen LogP contribution >= 0.6 is 11.3 Å². The first-order valence-corrected chi connectivity index (χ1v) is 10.1. The summed E-state index contributed by atoms with van der Waals surface area (Å²) in [5.41, 5.74) is 1.08. The molecule has 0 unspecified atom stereocenters. The Hall–Kier alpha value is -1.63. The number of amides is 1. The van der Waals surface area contributed by atoms with Gasteiger partial charge >= 0.3 is 0 Å². The van der Waals surface area contributed by atoms with Gasteiger partial charge in [0, 0.05) is 30.4 Å². The van der Waals surface area contributed by atoms with Crippen molar-refractivity contribution in [2.75, 3.05) is 13.1 Å². The third kappa shape index (κ3) is 7.02. The molecule has 1 heterocycles. The molecule has 1 fully saturated rings. The summed E-state index contributed by atoms with van der Waals surface area (Å²) in [6.45, 7) is 8.06. The van der Waals surface area contributed by atoms with E-state index in [0.717, 1.165) is 36.0 Å². The zero-order valence-corrected chi connectivity index (χ0v) is 16.5. The van der Waals surface area contributed by atoms with Crippen LogP contribution in [0.15, 0.2) is 4.99 Å². The summed E-state index contributed by atoms with van der Waals surface area (Å²) < 4.78 is 0. The Bertz CT molecular complexity index is 559. The molecule has 0 radical (unpaired) electrons. The first kappa shape index (κ1) is 19.7. The molecule has 1 saturated carbocycles. The number of carbonyl (C=O) groups is 1. The van der Waals surface area contributed by atoms with Gasteiger partial charge in [0.25, 0.3) is 0 Å². The van der Waals surface area contributed by atoms with Crippen LogP contribution in [0.5, 0.6) is 0 Å². The molecule has 1 amide bonds. The topological polar surface area (TPSA) is 78.4 Å². The number of rotatable bonds is 7. The van der Waals surface area contributed by atoms with Gasteiger partial charge in [0.15, 0.2) is 5.96 Å². The fourth-order valence-corrected chi connectivity index (χ4v) is 3.79. The van der Waals surface area contributed by atoms with Crippen molar-refractivity contribution in [3.05, 3.63) is 15.6 Å². The van der Waals surface area contributed by atoms with Gasteiger partial charge < -0.3 is 16.0 Å². The first-order chi connectivity index (χ1) is 12.1. The van der Waals surface area contributed by atoms with Crippen molar-refractivity contribution in [3.63, 3.8) is 0 Å². The van der Waals surface area contributed by atoms with Gasteiger partial charge in [-0.25, -0.2) is 9.98 Å². The van der Waals surface area contributed by atoms with Crippen molar-refractivity contribution in [2.45, 2.75) is 71.9 Å². The van der Waals surface area contributed by atoms with E-state index >= 15 is 0 Å². The van der Waals surface area contributed by atoms with Gasteiger partial charge in [-0.05, 0) is 33.6 Å². The number of guanidine groups is 1. The highest BCUT2D eigenvalue weighted by molar-refractivity contribution is 7.11. The average molecular weight is 366 g/mol. The van der Waals surface area contributed by atoms with E-state index in [9.17, 15) is 4.79 Å². The second kappa shape index (κ2) is 10.4.